The van der Waals surface area contributed by atoms with E-state index in [-0.39, 0.29) is 5.91 Å². The summed E-state index contributed by atoms with van der Waals surface area (Å²) in [5.41, 5.74) is 3.40. The highest BCUT2D eigenvalue weighted by atomic mass is 16.2. The normalized spacial score (nSPS) is 16.9. The number of aryl methyl sites for hydroxylation is 2. The molecule has 0 aliphatic carbocycles. The van der Waals surface area contributed by atoms with Gasteiger partial charge in [-0.15, -0.1) is 0 Å². The molecular formula is C17H30N4O. The number of nitrogens with one attached hydrogen (secondary N) is 1. The van der Waals surface area contributed by atoms with Crippen LogP contribution in [0.2, 0.25) is 0 Å². The molecule has 1 amide bonds. The number of rotatable bonds is 7. The zero-order chi connectivity index (χ0) is 16.1. The number of carbonyl (C=O) groups excluding carboxylic acids is 1. The largest absolute Gasteiger partial charge is 0.345 e. The molecular weight excluding hydrogens is 276 g/mol. The first-order valence-electron chi connectivity index (χ1n) is 8.47. The van der Waals surface area contributed by atoms with Crippen LogP contribution in [0.5, 0.6) is 0 Å². The van der Waals surface area contributed by atoms with Crippen LogP contribution in [0.15, 0.2) is 0 Å². The fourth-order valence-corrected chi connectivity index (χ4v) is 3.23. The Balaban J connectivity index is 1.72. The maximum Gasteiger partial charge on any atom is 0.222 e. The van der Waals surface area contributed by atoms with Crippen molar-refractivity contribution in [3.8, 4) is 0 Å². The molecule has 0 bridgehead atoms. The Hall–Kier alpha value is -1.36. The molecule has 1 aliphatic heterocycles. The van der Waals surface area contributed by atoms with Crippen LogP contribution < -0.4 is 0 Å². The number of likely N-dealkylation sites (tertiary alicyclic amines) is 1. The average Bonchev–Trinajstić information content (AvgIpc) is 3.13. The second-order valence-electron chi connectivity index (χ2n) is 6.61. The van der Waals surface area contributed by atoms with Crippen LogP contribution in [0.25, 0.3) is 0 Å². The molecule has 1 aliphatic rings. The van der Waals surface area contributed by atoms with E-state index in [4.69, 9.17) is 0 Å². The van der Waals surface area contributed by atoms with E-state index in [9.17, 15) is 4.79 Å². The standard InChI is InChI=1S/C17H30N4O/c1-13(21-10-5-6-11-21)7-8-17(22)20(4)12-9-16-14(2)18-19-15(16)3/h13H,5-12H2,1-4H3,(H,18,19). The Morgan fingerprint density at radius 3 is 2.64 bits per heavy atom. The minimum atomic E-state index is 0.254. The molecule has 0 aromatic carbocycles. The van der Waals surface area contributed by atoms with E-state index in [1.807, 2.05) is 25.8 Å². The van der Waals surface area contributed by atoms with Crippen LogP contribution in [-0.4, -0.2) is 58.6 Å². The molecule has 0 saturated carbocycles. The van der Waals surface area contributed by atoms with Crippen LogP contribution in [0, 0.1) is 13.8 Å². The van der Waals surface area contributed by atoms with Gasteiger partial charge >= 0.3 is 0 Å². The Morgan fingerprint density at radius 2 is 2.05 bits per heavy atom. The van der Waals surface area contributed by atoms with Gasteiger partial charge in [0.1, 0.15) is 0 Å². The lowest BCUT2D eigenvalue weighted by Gasteiger charge is -2.24. The second kappa shape index (κ2) is 7.77. The zero-order valence-corrected chi connectivity index (χ0v) is 14.5. The summed E-state index contributed by atoms with van der Waals surface area (Å²) in [6, 6.07) is 0.526. The number of aromatic amines is 1. The van der Waals surface area contributed by atoms with Crippen molar-refractivity contribution in [2.24, 2.45) is 0 Å². The lowest BCUT2D eigenvalue weighted by molar-refractivity contribution is -0.130. The third kappa shape index (κ3) is 4.32. The van der Waals surface area contributed by atoms with Crippen LogP contribution in [0.1, 0.15) is 49.6 Å². The van der Waals surface area contributed by atoms with Crippen molar-refractivity contribution in [3.63, 3.8) is 0 Å². The van der Waals surface area contributed by atoms with E-state index in [0.717, 1.165) is 30.8 Å². The SMILES string of the molecule is Cc1n[nH]c(C)c1CCN(C)C(=O)CCC(C)N1CCCC1. The summed E-state index contributed by atoms with van der Waals surface area (Å²) in [5.74, 6) is 0.254. The van der Waals surface area contributed by atoms with Gasteiger partial charge in [-0.2, -0.15) is 5.10 Å². The monoisotopic (exact) mass is 306 g/mol. The summed E-state index contributed by atoms with van der Waals surface area (Å²) in [5, 5.41) is 7.21. The van der Waals surface area contributed by atoms with Crippen molar-refractivity contribution in [2.75, 3.05) is 26.7 Å². The molecule has 2 heterocycles. The number of carbonyl (C=O) groups is 1. The molecule has 0 spiro atoms. The zero-order valence-electron chi connectivity index (χ0n) is 14.5. The molecule has 1 atom stereocenters. The molecule has 1 unspecified atom stereocenters. The van der Waals surface area contributed by atoms with E-state index < -0.39 is 0 Å². The summed E-state index contributed by atoms with van der Waals surface area (Å²) in [4.78, 5) is 16.6. The molecule has 5 nitrogen and oxygen atoms in total. The first kappa shape index (κ1) is 17.0. The number of nitrogens with zero attached hydrogens (tertiary/aromatic N) is 3. The highest BCUT2D eigenvalue weighted by Crippen LogP contribution is 2.16. The van der Waals surface area contributed by atoms with Crippen LogP contribution in [0.3, 0.4) is 0 Å². The van der Waals surface area contributed by atoms with Gasteiger partial charge in [0.05, 0.1) is 5.69 Å². The maximum atomic E-state index is 12.3. The highest BCUT2D eigenvalue weighted by molar-refractivity contribution is 5.75. The number of hydrogen-bond acceptors (Lipinski definition) is 3. The molecule has 124 valence electrons. The van der Waals surface area contributed by atoms with Gasteiger partial charge in [-0.05, 0) is 65.1 Å². The van der Waals surface area contributed by atoms with E-state index in [1.165, 1.54) is 31.5 Å². The Labute approximate surface area is 134 Å². The number of H-pyrrole nitrogens is 1. The van der Waals surface area contributed by atoms with Crippen molar-refractivity contribution >= 4 is 5.91 Å². The van der Waals surface area contributed by atoms with Crippen LogP contribution >= 0.6 is 0 Å². The number of hydrogen-bond donors (Lipinski definition) is 1. The van der Waals surface area contributed by atoms with Crippen molar-refractivity contribution in [3.05, 3.63) is 17.0 Å². The van der Waals surface area contributed by atoms with Crippen LogP contribution in [-0.2, 0) is 11.2 Å². The van der Waals surface area contributed by atoms with Gasteiger partial charge in [0.15, 0.2) is 0 Å². The molecule has 5 heteroatoms. The predicted octanol–water partition coefficient (Wildman–Crippen LogP) is 2.29. The molecule has 1 aromatic heterocycles. The van der Waals surface area contributed by atoms with E-state index in [2.05, 4.69) is 22.0 Å². The van der Waals surface area contributed by atoms with Gasteiger partial charge in [-0.1, -0.05) is 0 Å². The van der Waals surface area contributed by atoms with Crippen molar-refractivity contribution < 1.29 is 4.79 Å². The predicted molar refractivity (Wildman–Crippen MR) is 88.9 cm³/mol. The summed E-state index contributed by atoms with van der Waals surface area (Å²) in [7, 11) is 1.91. The molecule has 0 radical (unpaired) electrons. The number of aromatic nitrogens is 2. The van der Waals surface area contributed by atoms with Crippen molar-refractivity contribution in [1.82, 2.24) is 20.0 Å². The van der Waals surface area contributed by atoms with Gasteiger partial charge in [-0.3, -0.25) is 9.89 Å². The van der Waals surface area contributed by atoms with Gasteiger partial charge < -0.3 is 9.80 Å². The molecule has 1 N–H and O–H groups in total. The second-order valence-corrected chi connectivity index (χ2v) is 6.61. The van der Waals surface area contributed by atoms with Gasteiger partial charge in [0, 0.05) is 31.7 Å². The van der Waals surface area contributed by atoms with Gasteiger partial charge in [0.25, 0.3) is 0 Å². The first-order valence-corrected chi connectivity index (χ1v) is 8.47. The first-order chi connectivity index (χ1) is 10.5. The quantitative estimate of drug-likeness (QED) is 0.841. The minimum Gasteiger partial charge on any atom is -0.345 e. The van der Waals surface area contributed by atoms with Crippen molar-refractivity contribution in [1.29, 1.82) is 0 Å². The molecule has 2 rings (SSSR count). The molecule has 1 saturated heterocycles. The van der Waals surface area contributed by atoms with E-state index >= 15 is 0 Å². The summed E-state index contributed by atoms with van der Waals surface area (Å²) < 4.78 is 0. The average molecular weight is 306 g/mol. The Morgan fingerprint density at radius 1 is 1.36 bits per heavy atom. The minimum absolute atomic E-state index is 0.254. The lowest BCUT2D eigenvalue weighted by atomic mass is 10.1. The summed E-state index contributed by atoms with van der Waals surface area (Å²) in [6.07, 6.45) is 5.10. The fourth-order valence-electron chi connectivity index (χ4n) is 3.23. The lowest BCUT2D eigenvalue weighted by Crippen LogP contribution is -2.33. The number of likely N-dealkylation sites (N-methyl/N-ethyl adjacent to an activating group) is 1. The third-order valence-electron chi connectivity index (χ3n) is 4.94. The summed E-state index contributed by atoms with van der Waals surface area (Å²) >= 11 is 0. The number of amides is 1. The molecule has 1 aromatic rings. The van der Waals surface area contributed by atoms with Gasteiger partial charge in [0.2, 0.25) is 5.91 Å². The molecule has 1 fully saturated rings. The van der Waals surface area contributed by atoms with Crippen molar-refractivity contribution in [2.45, 2.75) is 58.9 Å². The van der Waals surface area contributed by atoms with E-state index in [1.54, 1.807) is 0 Å². The topological polar surface area (TPSA) is 52.2 Å². The molecule has 22 heavy (non-hydrogen) atoms. The highest BCUT2D eigenvalue weighted by Gasteiger charge is 2.19. The fraction of sp³-hybridized carbons (Fsp3) is 0.765. The van der Waals surface area contributed by atoms with Gasteiger partial charge in [-0.25, -0.2) is 0 Å². The Kier molecular flexibility index (Phi) is 6.00. The Bertz CT molecular complexity index is 471. The smallest absolute Gasteiger partial charge is 0.222 e. The third-order valence-corrected chi connectivity index (χ3v) is 4.94. The van der Waals surface area contributed by atoms with Crippen LogP contribution in [0.4, 0.5) is 0 Å². The maximum absolute atomic E-state index is 12.3. The van der Waals surface area contributed by atoms with E-state index in [0.29, 0.717) is 12.5 Å². The summed E-state index contributed by atoms with van der Waals surface area (Å²) in [6.45, 7) is 9.46.